The Balaban J connectivity index is 2.03. The lowest BCUT2D eigenvalue weighted by molar-refractivity contribution is 0.528. The Hall–Kier alpha value is -3.07. The first kappa shape index (κ1) is 13.6. The normalized spacial score (nSPS) is 11.0. The fourth-order valence-corrected chi connectivity index (χ4v) is 2.81. The summed E-state index contributed by atoms with van der Waals surface area (Å²) in [6.45, 7) is 1.79. The van der Waals surface area contributed by atoms with E-state index in [1.807, 2.05) is 66.7 Å². The van der Waals surface area contributed by atoms with Crippen LogP contribution in [0.25, 0.3) is 33.4 Å². The molecule has 0 aliphatic rings. The van der Waals surface area contributed by atoms with E-state index in [2.05, 4.69) is 0 Å². The second-order valence-corrected chi connectivity index (χ2v) is 5.41. The minimum Gasteiger partial charge on any atom is -0.460 e. The first-order valence-electron chi connectivity index (χ1n) is 7.42. The Bertz CT molecular complexity index is 1030. The molecule has 0 unspecified atom stereocenters. The van der Waals surface area contributed by atoms with Crippen molar-refractivity contribution in [2.45, 2.75) is 6.92 Å². The Kier molecular flexibility index (Phi) is 3.12. The smallest absolute Gasteiger partial charge is 0.347 e. The zero-order valence-electron chi connectivity index (χ0n) is 12.6. The van der Waals surface area contributed by atoms with Gasteiger partial charge in [0.1, 0.15) is 22.7 Å². The highest BCUT2D eigenvalue weighted by molar-refractivity contribution is 5.96. The van der Waals surface area contributed by atoms with Crippen LogP contribution >= 0.6 is 0 Å². The Morgan fingerprint density at radius 2 is 1.39 bits per heavy atom. The van der Waals surface area contributed by atoms with Crippen LogP contribution in [0.4, 0.5) is 0 Å². The van der Waals surface area contributed by atoms with Crippen LogP contribution in [0.2, 0.25) is 0 Å². The van der Waals surface area contributed by atoms with Crippen molar-refractivity contribution < 1.29 is 8.83 Å². The maximum absolute atomic E-state index is 12.4. The monoisotopic (exact) mass is 302 g/mol. The van der Waals surface area contributed by atoms with E-state index in [4.69, 9.17) is 8.83 Å². The minimum absolute atomic E-state index is 0.371. The predicted octanol–water partition coefficient (Wildman–Crippen LogP) is 5.03. The van der Waals surface area contributed by atoms with Crippen LogP contribution in [0, 0.1) is 6.92 Å². The summed E-state index contributed by atoms with van der Waals surface area (Å²) in [6, 6.07) is 21.2. The van der Waals surface area contributed by atoms with Gasteiger partial charge >= 0.3 is 5.63 Å². The highest BCUT2D eigenvalue weighted by Gasteiger charge is 2.18. The third kappa shape index (κ3) is 2.27. The average molecular weight is 302 g/mol. The molecule has 0 fully saturated rings. The molecule has 23 heavy (non-hydrogen) atoms. The second kappa shape index (κ2) is 5.29. The maximum Gasteiger partial charge on any atom is 0.347 e. The van der Waals surface area contributed by atoms with Crippen LogP contribution < -0.4 is 5.63 Å². The SMILES string of the molecule is Cc1oc(-c2ccccc2)c2cc(-c3ccccc3)oc(=O)c12. The summed E-state index contributed by atoms with van der Waals surface area (Å²) in [6.07, 6.45) is 0. The third-order valence-corrected chi connectivity index (χ3v) is 3.90. The fraction of sp³-hybridized carbons (Fsp3) is 0.0500. The predicted molar refractivity (Wildman–Crippen MR) is 90.4 cm³/mol. The summed E-state index contributed by atoms with van der Waals surface area (Å²) in [4.78, 5) is 12.4. The lowest BCUT2D eigenvalue weighted by Crippen LogP contribution is -2.00. The molecule has 4 aromatic rings. The Labute approximate surface area is 132 Å². The zero-order valence-corrected chi connectivity index (χ0v) is 12.6. The molecule has 0 radical (unpaired) electrons. The van der Waals surface area contributed by atoms with Crippen LogP contribution in [0.3, 0.4) is 0 Å². The van der Waals surface area contributed by atoms with E-state index in [1.165, 1.54) is 0 Å². The van der Waals surface area contributed by atoms with Crippen molar-refractivity contribution in [3.05, 3.63) is 82.9 Å². The van der Waals surface area contributed by atoms with E-state index in [0.29, 0.717) is 22.7 Å². The molecular weight excluding hydrogens is 288 g/mol. The summed E-state index contributed by atoms with van der Waals surface area (Å²) in [5.74, 6) is 1.82. The maximum atomic E-state index is 12.4. The molecule has 0 saturated heterocycles. The van der Waals surface area contributed by atoms with Crippen molar-refractivity contribution in [2.24, 2.45) is 0 Å². The van der Waals surface area contributed by atoms with Gasteiger partial charge in [-0.2, -0.15) is 0 Å². The van der Waals surface area contributed by atoms with E-state index < -0.39 is 0 Å². The number of furan rings is 1. The average Bonchev–Trinajstić information content (AvgIpc) is 2.94. The van der Waals surface area contributed by atoms with Gasteiger partial charge < -0.3 is 8.83 Å². The highest BCUT2D eigenvalue weighted by atomic mass is 16.4. The molecule has 0 amide bonds. The molecular formula is C20H14O3. The summed E-state index contributed by atoms with van der Waals surface area (Å²) in [5, 5.41) is 1.28. The van der Waals surface area contributed by atoms with Crippen molar-refractivity contribution in [1.82, 2.24) is 0 Å². The number of rotatable bonds is 2. The first-order chi connectivity index (χ1) is 11.2. The van der Waals surface area contributed by atoms with Gasteiger partial charge in [-0.25, -0.2) is 4.79 Å². The zero-order chi connectivity index (χ0) is 15.8. The van der Waals surface area contributed by atoms with Gasteiger partial charge in [-0.05, 0) is 13.0 Å². The van der Waals surface area contributed by atoms with Gasteiger partial charge in [0.2, 0.25) is 0 Å². The van der Waals surface area contributed by atoms with E-state index in [1.54, 1.807) is 6.92 Å². The van der Waals surface area contributed by atoms with Gasteiger partial charge in [-0.1, -0.05) is 60.7 Å². The van der Waals surface area contributed by atoms with Crippen molar-refractivity contribution in [3.63, 3.8) is 0 Å². The number of aryl methyl sites for hydroxylation is 1. The summed E-state index contributed by atoms with van der Waals surface area (Å²) >= 11 is 0. The number of benzene rings is 2. The molecule has 0 aliphatic heterocycles. The topological polar surface area (TPSA) is 43.4 Å². The van der Waals surface area contributed by atoms with E-state index in [9.17, 15) is 4.79 Å². The quantitative estimate of drug-likeness (QED) is 0.521. The number of hydrogen-bond acceptors (Lipinski definition) is 3. The molecule has 2 aromatic carbocycles. The largest absolute Gasteiger partial charge is 0.460 e. The molecule has 0 bridgehead atoms. The van der Waals surface area contributed by atoms with E-state index >= 15 is 0 Å². The van der Waals surface area contributed by atoms with Crippen molar-refractivity contribution in [2.75, 3.05) is 0 Å². The molecule has 2 heterocycles. The van der Waals surface area contributed by atoms with Gasteiger partial charge in [0.25, 0.3) is 0 Å². The van der Waals surface area contributed by atoms with Crippen LogP contribution in [-0.2, 0) is 0 Å². The molecule has 0 aliphatic carbocycles. The highest BCUT2D eigenvalue weighted by Crippen LogP contribution is 2.34. The number of fused-ring (bicyclic) bond motifs is 1. The van der Waals surface area contributed by atoms with Crippen LogP contribution in [0.1, 0.15) is 5.76 Å². The minimum atomic E-state index is -0.371. The third-order valence-electron chi connectivity index (χ3n) is 3.90. The second-order valence-electron chi connectivity index (χ2n) is 5.41. The lowest BCUT2D eigenvalue weighted by Gasteiger charge is -2.01. The Morgan fingerprint density at radius 1 is 0.783 bits per heavy atom. The van der Waals surface area contributed by atoms with Crippen LogP contribution in [0.15, 0.2) is 80.4 Å². The summed E-state index contributed by atoms with van der Waals surface area (Å²) < 4.78 is 11.4. The molecule has 112 valence electrons. The van der Waals surface area contributed by atoms with Gasteiger partial charge in [-0.3, -0.25) is 0 Å². The molecule has 0 spiro atoms. The lowest BCUT2D eigenvalue weighted by atomic mass is 10.1. The van der Waals surface area contributed by atoms with Crippen LogP contribution in [0.5, 0.6) is 0 Å². The first-order valence-corrected chi connectivity index (χ1v) is 7.42. The summed E-state index contributed by atoms with van der Waals surface area (Å²) in [5.41, 5.74) is 1.43. The van der Waals surface area contributed by atoms with Gasteiger partial charge in [0.15, 0.2) is 0 Å². The molecule has 0 N–H and O–H groups in total. The molecule has 3 heteroatoms. The molecule has 0 atom stereocenters. The Morgan fingerprint density at radius 3 is 2.04 bits per heavy atom. The van der Waals surface area contributed by atoms with Gasteiger partial charge in [-0.15, -0.1) is 0 Å². The van der Waals surface area contributed by atoms with Gasteiger partial charge in [0, 0.05) is 16.5 Å². The summed E-state index contributed by atoms with van der Waals surface area (Å²) in [7, 11) is 0. The standard InChI is InChI=1S/C20H14O3/c1-13-18-16(19(22-13)15-10-6-3-7-11-15)12-17(23-20(18)21)14-8-4-2-5-9-14/h2-12H,1H3. The number of hydrogen-bond donors (Lipinski definition) is 0. The van der Waals surface area contributed by atoms with Crippen molar-refractivity contribution >= 4 is 10.8 Å². The van der Waals surface area contributed by atoms with Crippen LogP contribution in [-0.4, -0.2) is 0 Å². The van der Waals surface area contributed by atoms with E-state index in [0.717, 1.165) is 16.5 Å². The fourth-order valence-electron chi connectivity index (χ4n) is 2.81. The van der Waals surface area contributed by atoms with Crippen molar-refractivity contribution in [1.29, 1.82) is 0 Å². The van der Waals surface area contributed by atoms with Gasteiger partial charge in [0.05, 0.1) is 0 Å². The van der Waals surface area contributed by atoms with Crippen molar-refractivity contribution in [3.8, 4) is 22.6 Å². The molecule has 3 nitrogen and oxygen atoms in total. The molecule has 4 rings (SSSR count). The van der Waals surface area contributed by atoms with E-state index in [-0.39, 0.29) is 5.63 Å². The molecule has 2 aromatic heterocycles. The molecule has 0 saturated carbocycles.